The Labute approximate surface area is 271 Å². The average Bonchev–Trinajstić information content (AvgIpc) is 3.02. The predicted octanol–water partition coefficient (Wildman–Crippen LogP) is 7.29. The lowest BCUT2D eigenvalue weighted by atomic mass is 9.94. The third-order valence-electron chi connectivity index (χ3n) is 8.11. The molecule has 4 aromatic rings. The normalized spacial score (nSPS) is 13.3. The van der Waals surface area contributed by atoms with Crippen LogP contribution in [0.4, 0.5) is 21.9 Å². The van der Waals surface area contributed by atoms with E-state index in [9.17, 15) is 14.4 Å². The molecular weight excluding hydrogens is 576 g/mol. The molecule has 0 saturated carbocycles. The van der Waals surface area contributed by atoms with E-state index in [-0.39, 0.29) is 24.2 Å². The van der Waals surface area contributed by atoms with Crippen molar-refractivity contribution in [1.82, 2.24) is 4.90 Å². The second-order valence-electron chi connectivity index (χ2n) is 12.8. The number of ketones is 1. The van der Waals surface area contributed by atoms with E-state index in [0.29, 0.717) is 48.7 Å². The first-order valence-electron chi connectivity index (χ1n) is 15.6. The molecule has 1 aliphatic heterocycles. The summed E-state index contributed by atoms with van der Waals surface area (Å²) in [5.74, 6) is -0.223. The zero-order chi connectivity index (χ0) is 33.0. The van der Waals surface area contributed by atoms with Crippen molar-refractivity contribution < 1.29 is 19.1 Å². The maximum Gasteiger partial charge on any atom is 0.410 e. The number of hydrogen-bond donors (Lipinski definition) is 2. The van der Waals surface area contributed by atoms with Crippen LogP contribution in [0.3, 0.4) is 0 Å². The molecule has 0 atom stereocenters. The Hall–Kier alpha value is -5.11. The van der Waals surface area contributed by atoms with Gasteiger partial charge in [0.15, 0.2) is 5.78 Å². The van der Waals surface area contributed by atoms with Gasteiger partial charge in [-0.3, -0.25) is 9.59 Å². The van der Waals surface area contributed by atoms with Crippen LogP contribution < -0.4 is 16.0 Å². The maximum absolute atomic E-state index is 13.4. The van der Waals surface area contributed by atoms with Gasteiger partial charge in [-0.15, -0.1) is 0 Å². The molecule has 8 nitrogen and oxygen atoms in total. The summed E-state index contributed by atoms with van der Waals surface area (Å²) in [6.45, 7) is 11.9. The quantitative estimate of drug-likeness (QED) is 0.167. The topological polar surface area (TPSA) is 105 Å². The molecule has 4 aromatic carbocycles. The number of anilines is 3. The van der Waals surface area contributed by atoms with E-state index in [2.05, 4.69) is 10.2 Å². The second kappa shape index (κ2) is 13.5. The number of hydrogen-bond acceptors (Lipinski definition) is 6. The van der Waals surface area contributed by atoms with Gasteiger partial charge < -0.3 is 25.6 Å². The number of rotatable bonds is 7. The first kappa shape index (κ1) is 32.3. The second-order valence-corrected chi connectivity index (χ2v) is 12.8. The van der Waals surface area contributed by atoms with Gasteiger partial charge in [-0.25, -0.2) is 4.79 Å². The number of amides is 2. The van der Waals surface area contributed by atoms with Crippen LogP contribution in [0.1, 0.15) is 58.2 Å². The van der Waals surface area contributed by atoms with E-state index in [0.717, 1.165) is 33.5 Å². The molecule has 0 aromatic heterocycles. The molecule has 1 saturated heterocycles. The number of nitrogens with zero attached hydrogens (tertiary/aromatic N) is 2. The van der Waals surface area contributed by atoms with Crippen molar-refractivity contribution >= 4 is 34.8 Å². The van der Waals surface area contributed by atoms with E-state index in [1.165, 1.54) is 0 Å². The summed E-state index contributed by atoms with van der Waals surface area (Å²) in [7, 11) is 0. The number of piperazine rings is 1. The largest absolute Gasteiger partial charge is 0.444 e. The fourth-order valence-electron chi connectivity index (χ4n) is 5.55. The lowest BCUT2D eigenvalue weighted by Gasteiger charge is -2.37. The highest BCUT2D eigenvalue weighted by Gasteiger charge is 2.26. The maximum atomic E-state index is 13.4. The smallest absolute Gasteiger partial charge is 0.410 e. The third-order valence-corrected chi connectivity index (χ3v) is 8.11. The van der Waals surface area contributed by atoms with Gasteiger partial charge in [-0.2, -0.15) is 0 Å². The summed E-state index contributed by atoms with van der Waals surface area (Å²) < 4.78 is 5.56. The minimum absolute atomic E-state index is 0.0127. The molecule has 8 heteroatoms. The number of carbonyl (C=O) groups is 3. The zero-order valence-electron chi connectivity index (χ0n) is 27.2. The molecule has 0 radical (unpaired) electrons. The Morgan fingerprint density at radius 1 is 0.804 bits per heavy atom. The SMILES string of the molecule is Cc1ccc(C(=O)Nc2cc(N3CCN(C(=O)OC(C)(C)C)CC3)ccc2-c2ccc(C(=O)Cc3ccccc3N)cc2C)cc1. The molecule has 3 N–H and O–H groups in total. The van der Waals surface area contributed by atoms with Crippen molar-refractivity contribution in [3.63, 3.8) is 0 Å². The van der Waals surface area contributed by atoms with Gasteiger partial charge in [0, 0.05) is 60.7 Å². The number of carbonyl (C=O) groups excluding carboxylic acids is 3. The molecule has 1 aliphatic rings. The molecule has 46 heavy (non-hydrogen) atoms. The number of benzene rings is 4. The monoisotopic (exact) mass is 618 g/mol. The Morgan fingerprint density at radius 2 is 1.46 bits per heavy atom. The van der Waals surface area contributed by atoms with Gasteiger partial charge in [-0.05, 0) is 87.7 Å². The number of nitrogen functional groups attached to an aromatic ring is 1. The molecule has 0 unspecified atom stereocenters. The van der Waals surface area contributed by atoms with E-state index in [1.54, 1.807) is 11.0 Å². The fraction of sp³-hybridized carbons (Fsp3) is 0.289. The van der Waals surface area contributed by atoms with E-state index in [4.69, 9.17) is 10.5 Å². The van der Waals surface area contributed by atoms with Gasteiger partial charge in [0.2, 0.25) is 0 Å². The van der Waals surface area contributed by atoms with Crippen molar-refractivity contribution in [2.75, 3.05) is 42.1 Å². The molecule has 1 fully saturated rings. The van der Waals surface area contributed by atoms with Crippen LogP contribution in [0.2, 0.25) is 0 Å². The molecule has 0 bridgehead atoms. The Balaban J connectivity index is 1.41. The molecule has 2 amide bonds. The Bertz CT molecular complexity index is 1750. The molecular formula is C38H42N4O4. The number of nitrogens with one attached hydrogen (secondary N) is 1. The summed E-state index contributed by atoms with van der Waals surface area (Å²) in [4.78, 5) is 43.1. The molecule has 0 aliphatic carbocycles. The number of ether oxygens (including phenoxy) is 1. The van der Waals surface area contributed by atoms with Crippen LogP contribution in [0.15, 0.2) is 84.9 Å². The summed E-state index contributed by atoms with van der Waals surface area (Å²) >= 11 is 0. The highest BCUT2D eigenvalue weighted by molar-refractivity contribution is 6.07. The highest BCUT2D eigenvalue weighted by atomic mass is 16.6. The predicted molar refractivity (Wildman–Crippen MR) is 185 cm³/mol. The summed E-state index contributed by atoms with van der Waals surface area (Å²) in [6, 6.07) is 26.6. The minimum atomic E-state index is -0.547. The van der Waals surface area contributed by atoms with Crippen LogP contribution in [-0.2, 0) is 11.2 Å². The summed E-state index contributed by atoms with van der Waals surface area (Å²) in [5.41, 5.74) is 13.5. The first-order chi connectivity index (χ1) is 21.9. The van der Waals surface area contributed by atoms with Gasteiger partial charge >= 0.3 is 6.09 Å². The molecule has 5 rings (SSSR count). The number of nitrogens with two attached hydrogens (primary N) is 1. The number of para-hydroxylation sites is 1. The summed E-state index contributed by atoms with van der Waals surface area (Å²) in [6.07, 6.45) is -0.0858. The van der Waals surface area contributed by atoms with E-state index >= 15 is 0 Å². The van der Waals surface area contributed by atoms with Crippen molar-refractivity contribution in [3.05, 3.63) is 113 Å². The third kappa shape index (κ3) is 7.75. The van der Waals surface area contributed by atoms with E-state index < -0.39 is 5.60 Å². The van der Waals surface area contributed by atoms with Crippen LogP contribution in [0, 0.1) is 13.8 Å². The average molecular weight is 619 g/mol. The number of aryl methyl sites for hydroxylation is 2. The van der Waals surface area contributed by atoms with Gasteiger partial charge in [0.05, 0.1) is 5.69 Å². The van der Waals surface area contributed by atoms with E-state index in [1.807, 2.05) is 113 Å². The van der Waals surface area contributed by atoms with Crippen molar-refractivity contribution in [1.29, 1.82) is 0 Å². The minimum Gasteiger partial charge on any atom is -0.444 e. The molecule has 238 valence electrons. The van der Waals surface area contributed by atoms with Crippen LogP contribution in [0.5, 0.6) is 0 Å². The lowest BCUT2D eigenvalue weighted by molar-refractivity contribution is 0.0240. The van der Waals surface area contributed by atoms with Crippen molar-refractivity contribution in [3.8, 4) is 11.1 Å². The van der Waals surface area contributed by atoms with Gasteiger partial charge in [0.1, 0.15) is 5.60 Å². The Kier molecular flexibility index (Phi) is 9.46. The van der Waals surface area contributed by atoms with Gasteiger partial charge in [-0.1, -0.05) is 54.1 Å². The summed E-state index contributed by atoms with van der Waals surface area (Å²) in [5, 5.41) is 3.15. The molecule has 1 heterocycles. The van der Waals surface area contributed by atoms with Crippen molar-refractivity contribution in [2.24, 2.45) is 0 Å². The van der Waals surface area contributed by atoms with Crippen LogP contribution in [-0.4, -0.2) is 54.5 Å². The van der Waals surface area contributed by atoms with Gasteiger partial charge in [0.25, 0.3) is 5.91 Å². The fourth-order valence-corrected chi connectivity index (χ4v) is 5.55. The van der Waals surface area contributed by atoms with Crippen LogP contribution >= 0.6 is 0 Å². The number of Topliss-reactive ketones (excluding diaryl/α,β-unsaturated/α-hetero) is 1. The lowest BCUT2D eigenvalue weighted by Crippen LogP contribution is -2.50. The first-order valence-corrected chi connectivity index (χ1v) is 15.6. The molecule has 0 spiro atoms. The zero-order valence-corrected chi connectivity index (χ0v) is 27.2. The Morgan fingerprint density at radius 3 is 2.11 bits per heavy atom. The van der Waals surface area contributed by atoms with Crippen LogP contribution in [0.25, 0.3) is 11.1 Å². The highest BCUT2D eigenvalue weighted by Crippen LogP contribution is 2.35. The standard InChI is InChI=1S/C38H42N4O4/c1-25-10-12-27(13-11-25)36(44)40-34-24-30(41-18-20-42(21-19-41)37(45)46-38(3,4)5)15-17-32(34)31-16-14-29(22-26(31)2)35(43)23-28-8-6-7-9-33(28)39/h6-17,22,24H,18-21,23,39H2,1-5H3,(H,40,44). The van der Waals surface area contributed by atoms with Crippen molar-refractivity contribution in [2.45, 2.75) is 46.6 Å².